The molecule has 33 heavy (non-hydrogen) atoms. The zero-order valence-electron chi connectivity index (χ0n) is 17.7. The third-order valence-electron chi connectivity index (χ3n) is 4.37. The molecule has 172 valence electrons. The maximum absolute atomic E-state index is 12.5. The Labute approximate surface area is 205 Å². The van der Waals surface area contributed by atoms with E-state index in [0.29, 0.717) is 39.5 Å². The number of rotatable bonds is 10. The highest BCUT2D eigenvalue weighted by atomic mass is 35.5. The van der Waals surface area contributed by atoms with Crippen molar-refractivity contribution in [2.45, 2.75) is 18.2 Å². The van der Waals surface area contributed by atoms with Crippen molar-refractivity contribution in [3.63, 3.8) is 0 Å². The van der Waals surface area contributed by atoms with Gasteiger partial charge >= 0.3 is 0 Å². The minimum Gasteiger partial charge on any atom is -0.497 e. The standard InChI is InChI=1S/C22H21Cl2N5O3S/c1-3-9-29-19(12-25-21(31)17-8-7-14(23)10-18(17)24)27-28-22(29)33-13-20(30)26-15-5-4-6-16(11-15)32-2/h3-8,10-11H,1,9,12-13H2,2H3,(H,25,31)(H,26,30). The number of nitrogens with one attached hydrogen (secondary N) is 2. The fraction of sp³-hybridized carbons (Fsp3) is 0.182. The molecule has 3 rings (SSSR count). The molecule has 0 saturated carbocycles. The summed E-state index contributed by atoms with van der Waals surface area (Å²) in [6.45, 7) is 4.29. The predicted octanol–water partition coefficient (Wildman–Crippen LogP) is 4.44. The molecular formula is C22H21Cl2N5O3S. The van der Waals surface area contributed by atoms with Crippen LogP contribution in [0.15, 0.2) is 60.3 Å². The lowest BCUT2D eigenvalue weighted by molar-refractivity contribution is -0.113. The largest absolute Gasteiger partial charge is 0.497 e. The number of carbonyl (C=O) groups excluding carboxylic acids is 2. The van der Waals surface area contributed by atoms with E-state index < -0.39 is 0 Å². The topological polar surface area (TPSA) is 98.1 Å². The van der Waals surface area contributed by atoms with E-state index in [4.69, 9.17) is 27.9 Å². The van der Waals surface area contributed by atoms with E-state index in [-0.39, 0.29) is 29.1 Å². The Kier molecular flexibility index (Phi) is 8.76. The van der Waals surface area contributed by atoms with Crippen molar-refractivity contribution in [1.29, 1.82) is 0 Å². The molecule has 0 saturated heterocycles. The molecule has 3 aromatic rings. The number of hydrogen-bond donors (Lipinski definition) is 2. The Morgan fingerprint density at radius 2 is 2.03 bits per heavy atom. The van der Waals surface area contributed by atoms with Gasteiger partial charge in [-0.15, -0.1) is 16.8 Å². The van der Waals surface area contributed by atoms with Crippen LogP contribution in [0.4, 0.5) is 5.69 Å². The first-order valence-corrected chi connectivity index (χ1v) is 11.5. The van der Waals surface area contributed by atoms with Crippen molar-refractivity contribution in [2.75, 3.05) is 18.2 Å². The average molecular weight is 506 g/mol. The van der Waals surface area contributed by atoms with Gasteiger partial charge in [-0.3, -0.25) is 9.59 Å². The molecule has 2 amide bonds. The van der Waals surface area contributed by atoms with Crippen molar-refractivity contribution in [1.82, 2.24) is 20.1 Å². The summed E-state index contributed by atoms with van der Waals surface area (Å²) in [5.41, 5.74) is 0.941. The zero-order chi connectivity index (χ0) is 23.8. The number of allylic oxidation sites excluding steroid dienone is 1. The number of carbonyl (C=O) groups is 2. The van der Waals surface area contributed by atoms with E-state index in [9.17, 15) is 9.59 Å². The highest BCUT2D eigenvalue weighted by Gasteiger charge is 2.16. The number of benzene rings is 2. The molecule has 0 unspecified atom stereocenters. The summed E-state index contributed by atoms with van der Waals surface area (Å²) in [5, 5.41) is 15.1. The number of aromatic nitrogens is 3. The molecule has 0 aliphatic rings. The lowest BCUT2D eigenvalue weighted by Gasteiger charge is -2.10. The van der Waals surface area contributed by atoms with Crippen LogP contribution in [0.2, 0.25) is 10.0 Å². The van der Waals surface area contributed by atoms with E-state index in [0.717, 1.165) is 0 Å². The van der Waals surface area contributed by atoms with Crippen LogP contribution in [0.3, 0.4) is 0 Å². The number of amides is 2. The quantitative estimate of drug-likeness (QED) is 0.312. The Morgan fingerprint density at radius 1 is 1.21 bits per heavy atom. The fourth-order valence-corrected chi connectivity index (χ4v) is 4.09. The van der Waals surface area contributed by atoms with Crippen LogP contribution in [0.1, 0.15) is 16.2 Å². The maximum atomic E-state index is 12.5. The van der Waals surface area contributed by atoms with Crippen molar-refractivity contribution in [3.8, 4) is 5.75 Å². The zero-order valence-corrected chi connectivity index (χ0v) is 20.0. The van der Waals surface area contributed by atoms with Crippen LogP contribution >= 0.6 is 35.0 Å². The molecule has 0 radical (unpaired) electrons. The Hall–Kier alpha value is -3.01. The Morgan fingerprint density at radius 3 is 2.76 bits per heavy atom. The van der Waals surface area contributed by atoms with E-state index in [1.807, 2.05) is 0 Å². The van der Waals surface area contributed by atoms with Gasteiger partial charge in [-0.2, -0.15) is 0 Å². The molecule has 8 nitrogen and oxygen atoms in total. The number of anilines is 1. The van der Waals surface area contributed by atoms with Crippen LogP contribution in [-0.4, -0.2) is 39.4 Å². The van der Waals surface area contributed by atoms with Crippen LogP contribution in [0.25, 0.3) is 0 Å². The number of thioether (sulfide) groups is 1. The summed E-state index contributed by atoms with van der Waals surface area (Å²) in [6, 6.07) is 11.7. The van der Waals surface area contributed by atoms with Crippen LogP contribution in [-0.2, 0) is 17.9 Å². The first kappa shape index (κ1) is 24.6. The number of nitrogens with zero attached hydrogens (tertiary/aromatic N) is 3. The van der Waals surface area contributed by atoms with Crippen molar-refractivity contribution in [3.05, 3.63) is 76.6 Å². The number of hydrogen-bond acceptors (Lipinski definition) is 6. The predicted molar refractivity (Wildman–Crippen MR) is 130 cm³/mol. The van der Waals surface area contributed by atoms with Gasteiger partial charge in [-0.05, 0) is 30.3 Å². The normalized spacial score (nSPS) is 10.5. The Bertz CT molecular complexity index is 1170. The van der Waals surface area contributed by atoms with Gasteiger partial charge in [0.1, 0.15) is 5.75 Å². The molecule has 0 aliphatic carbocycles. The third kappa shape index (κ3) is 6.74. The van der Waals surface area contributed by atoms with Crippen molar-refractivity contribution in [2.24, 2.45) is 0 Å². The smallest absolute Gasteiger partial charge is 0.253 e. The van der Waals surface area contributed by atoms with Crippen molar-refractivity contribution >= 4 is 52.5 Å². The Balaban J connectivity index is 1.62. The number of methoxy groups -OCH3 is 1. The van der Waals surface area contributed by atoms with Crippen LogP contribution in [0.5, 0.6) is 5.75 Å². The summed E-state index contributed by atoms with van der Waals surface area (Å²) >= 11 is 13.2. The van der Waals surface area contributed by atoms with Gasteiger partial charge in [0.25, 0.3) is 5.91 Å². The van der Waals surface area contributed by atoms with Crippen LogP contribution in [0, 0.1) is 0 Å². The van der Waals surface area contributed by atoms with E-state index in [1.54, 1.807) is 54.2 Å². The highest BCUT2D eigenvalue weighted by Crippen LogP contribution is 2.22. The second-order valence-electron chi connectivity index (χ2n) is 6.67. The molecule has 2 aromatic carbocycles. The summed E-state index contributed by atoms with van der Waals surface area (Å²) in [6.07, 6.45) is 1.69. The van der Waals surface area contributed by atoms with E-state index >= 15 is 0 Å². The number of halogens is 2. The molecule has 1 aromatic heterocycles. The van der Waals surface area contributed by atoms with Gasteiger partial charge in [-0.1, -0.05) is 47.1 Å². The maximum Gasteiger partial charge on any atom is 0.253 e. The summed E-state index contributed by atoms with van der Waals surface area (Å²) < 4.78 is 6.94. The first-order chi connectivity index (χ1) is 15.9. The van der Waals surface area contributed by atoms with Gasteiger partial charge < -0.3 is 19.9 Å². The minimum absolute atomic E-state index is 0.120. The average Bonchev–Trinajstić information content (AvgIpc) is 3.18. The summed E-state index contributed by atoms with van der Waals surface area (Å²) in [7, 11) is 1.56. The second kappa shape index (κ2) is 11.7. The van der Waals surface area contributed by atoms with Crippen molar-refractivity contribution < 1.29 is 14.3 Å². The summed E-state index contributed by atoms with van der Waals surface area (Å²) in [4.78, 5) is 24.8. The molecule has 0 atom stereocenters. The van der Waals surface area contributed by atoms with Gasteiger partial charge in [0.05, 0.1) is 30.0 Å². The molecule has 0 bridgehead atoms. The fourth-order valence-electron chi connectivity index (χ4n) is 2.83. The molecule has 2 N–H and O–H groups in total. The number of ether oxygens (including phenoxy) is 1. The lowest BCUT2D eigenvalue weighted by atomic mass is 10.2. The molecule has 11 heteroatoms. The molecule has 0 aliphatic heterocycles. The molecule has 1 heterocycles. The van der Waals surface area contributed by atoms with Gasteiger partial charge in [0.2, 0.25) is 5.91 Å². The molecular weight excluding hydrogens is 485 g/mol. The van der Waals surface area contributed by atoms with Gasteiger partial charge in [0, 0.05) is 23.3 Å². The minimum atomic E-state index is -0.364. The van der Waals surface area contributed by atoms with Gasteiger partial charge in [-0.25, -0.2) is 0 Å². The first-order valence-electron chi connectivity index (χ1n) is 9.74. The third-order valence-corrected chi connectivity index (χ3v) is 5.89. The van der Waals surface area contributed by atoms with Gasteiger partial charge in [0.15, 0.2) is 11.0 Å². The SMILES string of the molecule is C=CCn1c(CNC(=O)c2ccc(Cl)cc2Cl)nnc1SCC(=O)Nc1cccc(OC)c1. The lowest BCUT2D eigenvalue weighted by Crippen LogP contribution is -2.25. The monoisotopic (exact) mass is 505 g/mol. The molecule has 0 fully saturated rings. The molecule has 0 spiro atoms. The van der Waals surface area contributed by atoms with Crippen LogP contribution < -0.4 is 15.4 Å². The highest BCUT2D eigenvalue weighted by molar-refractivity contribution is 7.99. The van der Waals surface area contributed by atoms with E-state index in [2.05, 4.69) is 27.4 Å². The summed E-state index contributed by atoms with van der Waals surface area (Å²) in [5.74, 6) is 0.728. The van der Waals surface area contributed by atoms with E-state index in [1.165, 1.54) is 17.8 Å². The second-order valence-corrected chi connectivity index (χ2v) is 8.46.